The molecule has 0 heterocycles. The van der Waals surface area contributed by atoms with Crippen molar-refractivity contribution in [1.29, 1.82) is 0 Å². The van der Waals surface area contributed by atoms with Crippen molar-refractivity contribution in [2.45, 2.75) is 5.92 Å². The van der Waals surface area contributed by atoms with Gasteiger partial charge in [-0.2, -0.15) is 0 Å². The molecular formula is C17H13BrO4. The first kappa shape index (κ1) is 14.8. The number of ketones is 2. The minimum absolute atomic E-state index is 0.187. The average molecular weight is 361 g/mol. The lowest BCUT2D eigenvalue weighted by Gasteiger charge is -2.15. The van der Waals surface area contributed by atoms with Crippen LogP contribution in [0.2, 0.25) is 0 Å². The number of methoxy groups -OCH3 is 2. The maximum Gasteiger partial charge on any atom is 0.178 e. The van der Waals surface area contributed by atoms with Crippen LogP contribution in [0, 0.1) is 0 Å². The van der Waals surface area contributed by atoms with E-state index in [1.54, 1.807) is 36.4 Å². The molecule has 2 aromatic carbocycles. The van der Waals surface area contributed by atoms with E-state index in [1.807, 2.05) is 0 Å². The molecule has 0 saturated heterocycles. The zero-order valence-electron chi connectivity index (χ0n) is 12.1. The number of fused-ring (bicyclic) bond motifs is 1. The molecule has 5 heteroatoms. The molecule has 0 bridgehead atoms. The van der Waals surface area contributed by atoms with E-state index in [9.17, 15) is 9.59 Å². The number of halogens is 1. The van der Waals surface area contributed by atoms with E-state index in [4.69, 9.17) is 9.47 Å². The molecule has 1 aliphatic carbocycles. The largest absolute Gasteiger partial charge is 0.493 e. The Morgan fingerprint density at radius 3 is 2.00 bits per heavy atom. The summed E-state index contributed by atoms with van der Waals surface area (Å²) < 4.78 is 11.1. The summed E-state index contributed by atoms with van der Waals surface area (Å²) in [6, 6.07) is 10.3. The molecule has 0 amide bonds. The van der Waals surface area contributed by atoms with Crippen LogP contribution in [0.15, 0.2) is 40.9 Å². The predicted molar refractivity (Wildman–Crippen MR) is 85.1 cm³/mol. The Bertz CT molecular complexity index is 747. The zero-order valence-corrected chi connectivity index (χ0v) is 13.6. The highest BCUT2D eigenvalue weighted by molar-refractivity contribution is 9.10. The van der Waals surface area contributed by atoms with Gasteiger partial charge in [-0.1, -0.05) is 30.3 Å². The third kappa shape index (κ3) is 2.04. The highest BCUT2D eigenvalue weighted by atomic mass is 79.9. The molecule has 0 N–H and O–H groups in total. The number of rotatable bonds is 3. The van der Waals surface area contributed by atoms with Gasteiger partial charge in [0, 0.05) is 11.1 Å². The van der Waals surface area contributed by atoms with E-state index in [1.165, 1.54) is 14.2 Å². The Morgan fingerprint density at radius 1 is 0.909 bits per heavy atom. The van der Waals surface area contributed by atoms with Gasteiger partial charge in [0.05, 0.1) is 18.7 Å². The molecule has 0 radical (unpaired) electrons. The van der Waals surface area contributed by atoms with E-state index in [-0.39, 0.29) is 11.6 Å². The minimum Gasteiger partial charge on any atom is -0.493 e. The van der Waals surface area contributed by atoms with Crippen molar-refractivity contribution in [3.05, 3.63) is 57.6 Å². The lowest BCUT2D eigenvalue weighted by Crippen LogP contribution is -2.14. The van der Waals surface area contributed by atoms with Crippen LogP contribution in [0.3, 0.4) is 0 Å². The van der Waals surface area contributed by atoms with Gasteiger partial charge in [0.15, 0.2) is 23.1 Å². The number of carbonyl (C=O) groups excluding carboxylic acids is 2. The summed E-state index contributed by atoms with van der Waals surface area (Å²) in [5.41, 5.74) is 1.53. The SMILES string of the molecule is COc1ccc(C2C(=O)c3ccccc3C2=O)c(Br)c1OC. The molecule has 0 aliphatic heterocycles. The van der Waals surface area contributed by atoms with Gasteiger partial charge in [-0.3, -0.25) is 9.59 Å². The molecule has 4 nitrogen and oxygen atoms in total. The van der Waals surface area contributed by atoms with Gasteiger partial charge in [-0.05, 0) is 27.6 Å². The summed E-state index contributed by atoms with van der Waals surface area (Å²) in [6.45, 7) is 0. The number of Topliss-reactive ketones (excluding diaryl/α,β-unsaturated/α-hetero) is 2. The van der Waals surface area contributed by atoms with E-state index in [0.717, 1.165) is 0 Å². The summed E-state index contributed by atoms with van der Waals surface area (Å²) in [6.07, 6.45) is 0. The van der Waals surface area contributed by atoms with E-state index >= 15 is 0 Å². The number of hydrogen-bond donors (Lipinski definition) is 0. The third-order valence-electron chi connectivity index (χ3n) is 3.81. The molecule has 0 saturated carbocycles. The second-order valence-corrected chi connectivity index (χ2v) is 5.70. The number of benzene rings is 2. The topological polar surface area (TPSA) is 52.6 Å². The molecule has 0 spiro atoms. The maximum atomic E-state index is 12.6. The molecule has 0 atom stereocenters. The highest BCUT2D eigenvalue weighted by Crippen LogP contribution is 2.44. The monoisotopic (exact) mass is 360 g/mol. The van der Waals surface area contributed by atoms with Gasteiger partial charge in [0.2, 0.25) is 0 Å². The number of hydrogen-bond acceptors (Lipinski definition) is 4. The summed E-state index contributed by atoms with van der Waals surface area (Å²) in [5.74, 6) is -0.210. The Hall–Kier alpha value is -2.14. The average Bonchev–Trinajstić information content (AvgIpc) is 2.79. The van der Waals surface area contributed by atoms with Crippen molar-refractivity contribution in [2.75, 3.05) is 14.2 Å². The Morgan fingerprint density at radius 2 is 1.50 bits per heavy atom. The Balaban J connectivity index is 2.14. The Labute approximate surface area is 136 Å². The van der Waals surface area contributed by atoms with Gasteiger partial charge in [-0.15, -0.1) is 0 Å². The first-order chi connectivity index (χ1) is 10.6. The van der Waals surface area contributed by atoms with E-state index < -0.39 is 5.92 Å². The quantitative estimate of drug-likeness (QED) is 0.784. The first-order valence-electron chi connectivity index (χ1n) is 6.68. The lowest BCUT2D eigenvalue weighted by molar-refractivity contribution is 0.0889. The number of carbonyl (C=O) groups is 2. The number of ether oxygens (including phenoxy) is 2. The smallest absolute Gasteiger partial charge is 0.178 e. The third-order valence-corrected chi connectivity index (χ3v) is 4.63. The van der Waals surface area contributed by atoms with Crippen LogP contribution in [0.1, 0.15) is 32.2 Å². The van der Waals surface area contributed by atoms with Crippen molar-refractivity contribution in [1.82, 2.24) is 0 Å². The van der Waals surface area contributed by atoms with Gasteiger partial charge >= 0.3 is 0 Å². The molecule has 22 heavy (non-hydrogen) atoms. The fourth-order valence-electron chi connectivity index (χ4n) is 2.75. The van der Waals surface area contributed by atoms with Crippen LogP contribution in [-0.4, -0.2) is 25.8 Å². The predicted octanol–water partition coefficient (Wildman–Crippen LogP) is 3.63. The fourth-order valence-corrected chi connectivity index (χ4v) is 3.47. The first-order valence-corrected chi connectivity index (χ1v) is 7.47. The van der Waals surface area contributed by atoms with E-state index in [0.29, 0.717) is 32.7 Å². The second kappa shape index (κ2) is 5.57. The van der Waals surface area contributed by atoms with Gasteiger partial charge < -0.3 is 9.47 Å². The minimum atomic E-state index is -0.841. The lowest BCUT2D eigenvalue weighted by atomic mass is 9.94. The van der Waals surface area contributed by atoms with Crippen LogP contribution < -0.4 is 9.47 Å². The van der Waals surface area contributed by atoms with Crippen molar-refractivity contribution in [3.63, 3.8) is 0 Å². The molecule has 0 unspecified atom stereocenters. The molecule has 2 aromatic rings. The van der Waals surface area contributed by atoms with Crippen molar-refractivity contribution < 1.29 is 19.1 Å². The normalized spacial score (nSPS) is 14.1. The van der Waals surface area contributed by atoms with Crippen LogP contribution in [0.25, 0.3) is 0 Å². The van der Waals surface area contributed by atoms with Gasteiger partial charge in [-0.25, -0.2) is 0 Å². The van der Waals surface area contributed by atoms with Crippen LogP contribution in [0.5, 0.6) is 11.5 Å². The van der Waals surface area contributed by atoms with Crippen molar-refractivity contribution in [2.24, 2.45) is 0 Å². The maximum absolute atomic E-state index is 12.6. The van der Waals surface area contributed by atoms with Crippen LogP contribution >= 0.6 is 15.9 Å². The standard InChI is InChI=1S/C17H13BrO4/c1-21-12-8-7-11(14(18)17(12)22-2)13-15(19)9-5-3-4-6-10(9)16(13)20/h3-8,13H,1-2H3. The Kier molecular flexibility index (Phi) is 3.74. The second-order valence-electron chi connectivity index (χ2n) is 4.91. The summed E-state index contributed by atoms with van der Waals surface area (Å²) >= 11 is 3.43. The van der Waals surface area contributed by atoms with Gasteiger partial charge in [0.25, 0.3) is 0 Å². The van der Waals surface area contributed by atoms with E-state index in [2.05, 4.69) is 15.9 Å². The summed E-state index contributed by atoms with van der Waals surface area (Å²) in [7, 11) is 3.05. The molecule has 0 aromatic heterocycles. The van der Waals surface area contributed by atoms with Crippen molar-refractivity contribution in [3.8, 4) is 11.5 Å². The molecule has 0 fully saturated rings. The van der Waals surface area contributed by atoms with Crippen LogP contribution in [0.4, 0.5) is 0 Å². The summed E-state index contributed by atoms with van der Waals surface area (Å²) in [4.78, 5) is 25.2. The molecule has 1 aliphatic rings. The van der Waals surface area contributed by atoms with Crippen LogP contribution in [-0.2, 0) is 0 Å². The molecule has 3 rings (SSSR count). The molecular weight excluding hydrogens is 348 g/mol. The highest BCUT2D eigenvalue weighted by Gasteiger charge is 2.40. The van der Waals surface area contributed by atoms with Gasteiger partial charge in [0.1, 0.15) is 5.92 Å². The molecule has 112 valence electrons. The summed E-state index contributed by atoms with van der Waals surface area (Å²) in [5, 5.41) is 0. The van der Waals surface area contributed by atoms with Crippen molar-refractivity contribution >= 4 is 27.5 Å². The fraction of sp³-hybridized carbons (Fsp3) is 0.176. The zero-order chi connectivity index (χ0) is 15.9.